The van der Waals surface area contributed by atoms with Crippen LogP contribution >= 0.6 is 0 Å². The maximum Gasteiger partial charge on any atom is 0.303 e. The van der Waals surface area contributed by atoms with Gasteiger partial charge in [0.25, 0.3) is 5.91 Å². The van der Waals surface area contributed by atoms with Crippen LogP contribution in [0.1, 0.15) is 48.5 Å². The molecule has 1 aliphatic carbocycles. The van der Waals surface area contributed by atoms with Crippen LogP contribution in [0.5, 0.6) is 11.5 Å². The molecule has 1 aromatic carbocycles. The third kappa shape index (κ3) is 2.85. The van der Waals surface area contributed by atoms with Crippen molar-refractivity contribution in [2.75, 3.05) is 6.79 Å². The fourth-order valence-corrected chi connectivity index (χ4v) is 4.02. The van der Waals surface area contributed by atoms with Gasteiger partial charge in [-0.3, -0.25) is 14.4 Å². The van der Waals surface area contributed by atoms with E-state index in [9.17, 15) is 14.4 Å². The van der Waals surface area contributed by atoms with Gasteiger partial charge in [-0.15, -0.1) is 0 Å². The smallest absolute Gasteiger partial charge is 0.303 e. The summed E-state index contributed by atoms with van der Waals surface area (Å²) in [5.41, 5.74) is 1.37. The van der Waals surface area contributed by atoms with Crippen molar-refractivity contribution in [1.82, 2.24) is 5.32 Å². The number of hydrogen-bond acceptors (Lipinski definition) is 7. The monoisotopic (exact) mass is 361 g/mol. The standard InChI is InChI=1S/C18H19NO7/c1-8(20)25-16-4-11-10-3-14-15(24-7-23-14)5-12(10)18(22)19-13(11)6-17(16)26-9(2)21/h3,5,11,13,16-17H,4,6-7H2,1-2H3,(H,19,22)/t11-,13+,16+,17+/m1/s1. The third-order valence-corrected chi connectivity index (χ3v) is 5.01. The summed E-state index contributed by atoms with van der Waals surface area (Å²) in [5.74, 6) is -0.0147. The summed E-state index contributed by atoms with van der Waals surface area (Å²) in [6.45, 7) is 2.76. The topological polar surface area (TPSA) is 100 Å². The predicted octanol–water partition coefficient (Wildman–Crippen LogP) is 1.27. The van der Waals surface area contributed by atoms with Crippen LogP contribution in [0.3, 0.4) is 0 Å². The minimum Gasteiger partial charge on any atom is -0.459 e. The molecule has 0 spiro atoms. The maximum atomic E-state index is 12.5. The lowest BCUT2D eigenvalue weighted by Crippen LogP contribution is -2.54. The van der Waals surface area contributed by atoms with E-state index < -0.39 is 24.1 Å². The summed E-state index contributed by atoms with van der Waals surface area (Å²) in [7, 11) is 0. The second-order valence-corrected chi connectivity index (χ2v) is 6.75. The highest BCUT2D eigenvalue weighted by molar-refractivity contribution is 5.98. The molecule has 8 nitrogen and oxygen atoms in total. The van der Waals surface area contributed by atoms with E-state index in [1.165, 1.54) is 13.8 Å². The van der Waals surface area contributed by atoms with Gasteiger partial charge in [0.1, 0.15) is 12.2 Å². The highest BCUT2D eigenvalue weighted by atomic mass is 16.7. The lowest BCUT2D eigenvalue weighted by molar-refractivity contribution is -0.170. The molecular formula is C18H19NO7. The van der Waals surface area contributed by atoms with Crippen molar-refractivity contribution in [3.63, 3.8) is 0 Å². The molecule has 0 unspecified atom stereocenters. The Kier molecular flexibility index (Phi) is 3.97. The van der Waals surface area contributed by atoms with Gasteiger partial charge in [-0.1, -0.05) is 0 Å². The van der Waals surface area contributed by atoms with Crippen LogP contribution in [0, 0.1) is 0 Å². The largest absolute Gasteiger partial charge is 0.459 e. The zero-order valence-corrected chi connectivity index (χ0v) is 14.4. The molecule has 1 fully saturated rings. The van der Waals surface area contributed by atoms with Gasteiger partial charge in [0, 0.05) is 37.8 Å². The van der Waals surface area contributed by atoms with Crippen LogP contribution in [0.4, 0.5) is 0 Å². The molecule has 2 aliphatic heterocycles. The van der Waals surface area contributed by atoms with E-state index in [1.807, 2.05) is 6.07 Å². The molecule has 1 N–H and O–H groups in total. The molecule has 8 heteroatoms. The van der Waals surface area contributed by atoms with E-state index in [1.54, 1.807) is 6.07 Å². The Bertz CT molecular complexity index is 790. The Morgan fingerprint density at radius 1 is 1.04 bits per heavy atom. The summed E-state index contributed by atoms with van der Waals surface area (Å²) in [4.78, 5) is 35.4. The van der Waals surface area contributed by atoms with Gasteiger partial charge in [-0.2, -0.15) is 0 Å². The molecule has 1 amide bonds. The van der Waals surface area contributed by atoms with E-state index in [0.717, 1.165) is 5.56 Å². The number of rotatable bonds is 2. The van der Waals surface area contributed by atoms with Crippen molar-refractivity contribution in [2.24, 2.45) is 0 Å². The molecule has 1 saturated carbocycles. The first-order valence-corrected chi connectivity index (χ1v) is 8.51. The molecule has 1 aromatic rings. The summed E-state index contributed by atoms with van der Waals surface area (Å²) in [5, 5.41) is 2.98. The van der Waals surface area contributed by atoms with E-state index in [2.05, 4.69) is 5.32 Å². The Labute approximate surface area is 149 Å². The zero-order valence-electron chi connectivity index (χ0n) is 14.4. The molecule has 26 heavy (non-hydrogen) atoms. The van der Waals surface area contributed by atoms with Crippen molar-refractivity contribution in [2.45, 2.75) is 50.9 Å². The number of hydrogen-bond donors (Lipinski definition) is 1. The molecule has 4 atom stereocenters. The third-order valence-electron chi connectivity index (χ3n) is 5.01. The van der Waals surface area contributed by atoms with Gasteiger partial charge in [0.05, 0.1) is 0 Å². The van der Waals surface area contributed by atoms with E-state index in [0.29, 0.717) is 29.9 Å². The SMILES string of the molecule is CC(=O)O[C@H]1C[C@@H]2NC(=O)c3cc4c(cc3[C@H]2C[C@@H]1OC(C)=O)OCO4. The predicted molar refractivity (Wildman–Crippen MR) is 86.9 cm³/mol. The van der Waals surface area contributed by atoms with Crippen LogP contribution < -0.4 is 14.8 Å². The number of esters is 2. The highest BCUT2D eigenvalue weighted by Crippen LogP contribution is 2.44. The molecule has 0 bridgehead atoms. The quantitative estimate of drug-likeness (QED) is 0.792. The number of benzene rings is 1. The fraction of sp³-hybridized carbons (Fsp3) is 0.500. The normalized spacial score (nSPS) is 28.5. The molecule has 0 aromatic heterocycles. The molecule has 138 valence electrons. The Morgan fingerprint density at radius 2 is 1.65 bits per heavy atom. The first kappa shape index (κ1) is 16.7. The lowest BCUT2D eigenvalue weighted by Gasteiger charge is -2.43. The van der Waals surface area contributed by atoms with Crippen molar-refractivity contribution >= 4 is 17.8 Å². The van der Waals surface area contributed by atoms with Gasteiger partial charge in [-0.25, -0.2) is 0 Å². The van der Waals surface area contributed by atoms with Crippen LogP contribution in [0.15, 0.2) is 12.1 Å². The second kappa shape index (κ2) is 6.19. The molecule has 2 heterocycles. The van der Waals surface area contributed by atoms with Gasteiger partial charge in [-0.05, 0) is 24.1 Å². The number of carbonyl (C=O) groups excluding carboxylic acids is 3. The van der Waals surface area contributed by atoms with Crippen LogP contribution in [-0.4, -0.2) is 42.9 Å². The maximum absolute atomic E-state index is 12.5. The Morgan fingerprint density at radius 3 is 2.31 bits per heavy atom. The first-order chi connectivity index (χ1) is 12.4. The van der Waals surface area contributed by atoms with Crippen molar-refractivity contribution in [3.05, 3.63) is 23.3 Å². The second-order valence-electron chi connectivity index (χ2n) is 6.75. The minimum atomic E-state index is -0.589. The van der Waals surface area contributed by atoms with E-state index in [-0.39, 0.29) is 24.7 Å². The average molecular weight is 361 g/mol. The van der Waals surface area contributed by atoms with E-state index >= 15 is 0 Å². The molecular weight excluding hydrogens is 342 g/mol. The van der Waals surface area contributed by atoms with Crippen molar-refractivity contribution < 1.29 is 33.3 Å². The first-order valence-electron chi connectivity index (χ1n) is 8.51. The van der Waals surface area contributed by atoms with Crippen LogP contribution in [0.25, 0.3) is 0 Å². The Balaban J connectivity index is 1.68. The van der Waals surface area contributed by atoms with Gasteiger partial charge < -0.3 is 24.3 Å². The van der Waals surface area contributed by atoms with Crippen molar-refractivity contribution in [3.8, 4) is 11.5 Å². The number of amides is 1. The van der Waals surface area contributed by atoms with Crippen molar-refractivity contribution in [1.29, 1.82) is 0 Å². The summed E-state index contributed by atoms with van der Waals surface area (Å²) in [6.07, 6.45) is -0.337. The summed E-state index contributed by atoms with van der Waals surface area (Å²) >= 11 is 0. The van der Waals surface area contributed by atoms with Gasteiger partial charge in [0.2, 0.25) is 6.79 Å². The van der Waals surface area contributed by atoms with Crippen LogP contribution in [-0.2, 0) is 19.1 Å². The zero-order chi connectivity index (χ0) is 18.4. The summed E-state index contributed by atoms with van der Waals surface area (Å²) < 4.78 is 21.5. The van der Waals surface area contributed by atoms with E-state index in [4.69, 9.17) is 18.9 Å². The number of carbonyl (C=O) groups is 3. The van der Waals surface area contributed by atoms with Crippen LogP contribution in [0.2, 0.25) is 0 Å². The molecule has 0 radical (unpaired) electrons. The molecule has 3 aliphatic rings. The fourth-order valence-electron chi connectivity index (χ4n) is 4.02. The average Bonchev–Trinajstić information content (AvgIpc) is 3.01. The van der Waals surface area contributed by atoms with Gasteiger partial charge >= 0.3 is 11.9 Å². The Hall–Kier alpha value is -2.77. The summed E-state index contributed by atoms with van der Waals surface area (Å²) in [6, 6.07) is 3.29. The number of fused-ring (bicyclic) bond motifs is 4. The molecule has 0 saturated heterocycles. The van der Waals surface area contributed by atoms with Gasteiger partial charge in [0.15, 0.2) is 11.5 Å². The lowest BCUT2D eigenvalue weighted by atomic mass is 9.73. The highest BCUT2D eigenvalue weighted by Gasteiger charge is 2.45. The number of nitrogens with one attached hydrogen (secondary N) is 1. The minimum absolute atomic E-state index is 0.0756. The molecule has 4 rings (SSSR count). The number of ether oxygens (including phenoxy) is 4.